The molecule has 1 N–H and O–H groups in total. The third kappa shape index (κ3) is 4.08. The second-order valence-corrected chi connectivity index (χ2v) is 3.96. The number of nitrogens with zero attached hydrogens (tertiary/aromatic N) is 1. The van der Waals surface area contributed by atoms with Crippen LogP contribution in [0.5, 0.6) is 0 Å². The van der Waals surface area contributed by atoms with Gasteiger partial charge in [0.05, 0.1) is 6.61 Å². The van der Waals surface area contributed by atoms with Crippen LogP contribution in [0.15, 0.2) is 24.3 Å². The van der Waals surface area contributed by atoms with E-state index in [0.717, 1.165) is 11.3 Å². The van der Waals surface area contributed by atoms with Crippen molar-refractivity contribution in [2.24, 2.45) is 0 Å². The quantitative estimate of drug-likeness (QED) is 0.638. The zero-order valence-electron chi connectivity index (χ0n) is 10.9. The van der Waals surface area contributed by atoms with Gasteiger partial charge in [0.2, 0.25) is 0 Å². The molecular weight excluding hydrogens is 232 g/mol. The lowest BCUT2D eigenvalue weighted by Crippen LogP contribution is -2.32. The van der Waals surface area contributed by atoms with Gasteiger partial charge in [0.15, 0.2) is 0 Å². The van der Waals surface area contributed by atoms with E-state index < -0.39 is 11.9 Å². The van der Waals surface area contributed by atoms with Crippen molar-refractivity contribution >= 4 is 17.6 Å². The highest BCUT2D eigenvalue weighted by Crippen LogP contribution is 2.11. The van der Waals surface area contributed by atoms with Crippen LogP contribution in [0.25, 0.3) is 0 Å². The normalized spacial score (nSPS) is 9.72. The zero-order chi connectivity index (χ0) is 13.5. The van der Waals surface area contributed by atoms with Crippen LogP contribution in [0, 0.1) is 0 Å². The maximum Gasteiger partial charge on any atom is 0.396 e. The number of nitrogens with one attached hydrogen (secondary N) is 1. The van der Waals surface area contributed by atoms with Crippen LogP contribution in [0.3, 0.4) is 0 Å². The molecule has 0 atom stereocenters. The number of ether oxygens (including phenoxy) is 1. The van der Waals surface area contributed by atoms with Crippen LogP contribution in [0.4, 0.5) is 5.69 Å². The van der Waals surface area contributed by atoms with Gasteiger partial charge in [-0.15, -0.1) is 0 Å². The summed E-state index contributed by atoms with van der Waals surface area (Å²) in [5.41, 5.74) is 2.01. The van der Waals surface area contributed by atoms with E-state index in [4.69, 9.17) is 0 Å². The summed E-state index contributed by atoms with van der Waals surface area (Å²) in [6.45, 7) is 2.17. The molecule has 1 amide bonds. The molecule has 0 saturated heterocycles. The molecule has 0 heterocycles. The summed E-state index contributed by atoms with van der Waals surface area (Å²) in [6, 6.07) is 7.71. The van der Waals surface area contributed by atoms with Crippen molar-refractivity contribution in [3.63, 3.8) is 0 Å². The van der Waals surface area contributed by atoms with Crippen LogP contribution in [0.1, 0.15) is 12.5 Å². The Balaban J connectivity index is 2.48. The largest absolute Gasteiger partial charge is 0.459 e. The van der Waals surface area contributed by atoms with E-state index in [2.05, 4.69) is 10.1 Å². The number of carbonyl (C=O) groups excluding carboxylic acids is 2. The molecule has 98 valence electrons. The van der Waals surface area contributed by atoms with E-state index >= 15 is 0 Å². The fourth-order valence-electron chi connectivity index (χ4n) is 1.36. The minimum absolute atomic E-state index is 0.198. The first-order chi connectivity index (χ1) is 8.54. The standard InChI is InChI=1S/C13H18N2O3/c1-4-18-13(17)12(16)14-9-10-5-7-11(8-6-10)15(2)3/h5-8H,4,9H2,1-3H3,(H,14,16). The summed E-state index contributed by atoms with van der Waals surface area (Å²) in [7, 11) is 3.91. The Morgan fingerprint density at radius 2 is 1.83 bits per heavy atom. The minimum Gasteiger partial charge on any atom is -0.459 e. The lowest BCUT2D eigenvalue weighted by molar-refractivity contribution is -0.154. The first-order valence-electron chi connectivity index (χ1n) is 5.75. The Hall–Kier alpha value is -2.04. The van der Waals surface area contributed by atoms with E-state index in [1.165, 1.54) is 0 Å². The van der Waals surface area contributed by atoms with Gasteiger partial charge in [-0.1, -0.05) is 12.1 Å². The SMILES string of the molecule is CCOC(=O)C(=O)NCc1ccc(N(C)C)cc1. The van der Waals surface area contributed by atoms with Gasteiger partial charge in [-0.3, -0.25) is 4.79 Å². The van der Waals surface area contributed by atoms with Crippen molar-refractivity contribution in [2.45, 2.75) is 13.5 Å². The number of hydrogen-bond acceptors (Lipinski definition) is 4. The summed E-state index contributed by atoms with van der Waals surface area (Å²) >= 11 is 0. The van der Waals surface area contributed by atoms with Gasteiger partial charge in [-0.05, 0) is 24.6 Å². The van der Waals surface area contributed by atoms with Gasteiger partial charge in [-0.2, -0.15) is 0 Å². The molecule has 1 rings (SSSR count). The number of anilines is 1. The molecule has 0 aliphatic rings. The molecule has 0 aliphatic carbocycles. The Labute approximate surface area is 107 Å². The predicted octanol–water partition coefficient (Wildman–Crippen LogP) is 0.932. The number of carbonyl (C=O) groups is 2. The number of esters is 1. The number of benzene rings is 1. The van der Waals surface area contributed by atoms with Crippen molar-refractivity contribution in [3.05, 3.63) is 29.8 Å². The summed E-state index contributed by atoms with van der Waals surface area (Å²) in [5, 5.41) is 2.51. The monoisotopic (exact) mass is 250 g/mol. The first-order valence-corrected chi connectivity index (χ1v) is 5.75. The fraction of sp³-hybridized carbons (Fsp3) is 0.385. The van der Waals surface area contributed by atoms with Crippen molar-refractivity contribution in [1.29, 1.82) is 0 Å². The molecule has 1 aromatic rings. The van der Waals surface area contributed by atoms with Gasteiger partial charge in [0.25, 0.3) is 0 Å². The van der Waals surface area contributed by atoms with Crippen LogP contribution >= 0.6 is 0 Å². The summed E-state index contributed by atoms with van der Waals surface area (Å²) < 4.78 is 4.59. The van der Waals surface area contributed by atoms with E-state index in [-0.39, 0.29) is 6.61 Å². The van der Waals surface area contributed by atoms with Gasteiger partial charge >= 0.3 is 11.9 Å². The Morgan fingerprint density at radius 3 is 2.33 bits per heavy atom. The average molecular weight is 250 g/mol. The van der Waals surface area contributed by atoms with Gasteiger partial charge in [0, 0.05) is 26.3 Å². The molecule has 0 bridgehead atoms. The first kappa shape index (κ1) is 14.0. The second-order valence-electron chi connectivity index (χ2n) is 3.96. The lowest BCUT2D eigenvalue weighted by Gasteiger charge is -2.12. The van der Waals surface area contributed by atoms with Crippen molar-refractivity contribution in [2.75, 3.05) is 25.6 Å². The molecule has 1 aromatic carbocycles. The second kappa shape index (κ2) is 6.64. The Kier molecular flexibility index (Phi) is 5.17. The maximum absolute atomic E-state index is 11.3. The molecule has 0 aromatic heterocycles. The fourth-order valence-corrected chi connectivity index (χ4v) is 1.36. The molecule has 0 fully saturated rings. The number of amides is 1. The van der Waals surface area contributed by atoms with Crippen LogP contribution < -0.4 is 10.2 Å². The molecule has 0 radical (unpaired) electrons. The maximum atomic E-state index is 11.3. The third-order valence-electron chi connectivity index (χ3n) is 2.37. The van der Waals surface area contributed by atoms with Crippen LogP contribution in [0.2, 0.25) is 0 Å². The van der Waals surface area contributed by atoms with Gasteiger partial charge in [0.1, 0.15) is 0 Å². The third-order valence-corrected chi connectivity index (χ3v) is 2.37. The zero-order valence-corrected chi connectivity index (χ0v) is 10.9. The number of rotatable bonds is 4. The van der Waals surface area contributed by atoms with E-state index in [0.29, 0.717) is 6.54 Å². The summed E-state index contributed by atoms with van der Waals surface area (Å²) in [6.07, 6.45) is 0. The smallest absolute Gasteiger partial charge is 0.396 e. The highest BCUT2D eigenvalue weighted by molar-refractivity contribution is 6.32. The van der Waals surface area contributed by atoms with Crippen LogP contribution in [-0.4, -0.2) is 32.6 Å². The van der Waals surface area contributed by atoms with E-state index in [9.17, 15) is 9.59 Å². The lowest BCUT2D eigenvalue weighted by atomic mass is 10.2. The Morgan fingerprint density at radius 1 is 1.22 bits per heavy atom. The average Bonchev–Trinajstić information content (AvgIpc) is 2.36. The molecule has 5 heteroatoms. The van der Waals surface area contributed by atoms with E-state index in [1.54, 1.807) is 6.92 Å². The van der Waals surface area contributed by atoms with Gasteiger partial charge in [-0.25, -0.2) is 4.79 Å². The highest BCUT2D eigenvalue weighted by atomic mass is 16.5. The molecule has 0 saturated carbocycles. The molecule has 18 heavy (non-hydrogen) atoms. The van der Waals surface area contributed by atoms with Crippen LogP contribution in [-0.2, 0) is 20.9 Å². The molecular formula is C13H18N2O3. The van der Waals surface area contributed by atoms with Crippen molar-refractivity contribution < 1.29 is 14.3 Å². The van der Waals surface area contributed by atoms with E-state index in [1.807, 2.05) is 43.3 Å². The molecule has 0 aliphatic heterocycles. The van der Waals surface area contributed by atoms with Gasteiger partial charge < -0.3 is 15.0 Å². The molecule has 5 nitrogen and oxygen atoms in total. The van der Waals surface area contributed by atoms with Crippen molar-refractivity contribution in [1.82, 2.24) is 5.32 Å². The predicted molar refractivity (Wildman–Crippen MR) is 69.2 cm³/mol. The number of hydrogen-bond donors (Lipinski definition) is 1. The molecule has 0 unspecified atom stereocenters. The minimum atomic E-state index is -0.845. The molecule has 0 spiro atoms. The highest BCUT2D eigenvalue weighted by Gasteiger charge is 2.13. The Bertz CT molecular complexity index is 413. The topological polar surface area (TPSA) is 58.6 Å². The van der Waals surface area contributed by atoms with Crippen molar-refractivity contribution in [3.8, 4) is 0 Å². The summed E-state index contributed by atoms with van der Waals surface area (Å²) in [5.74, 6) is -1.56. The summed E-state index contributed by atoms with van der Waals surface area (Å²) in [4.78, 5) is 24.3.